The van der Waals surface area contributed by atoms with Crippen molar-refractivity contribution < 1.29 is 37.5 Å². The molecule has 1 amide bonds. The summed E-state index contributed by atoms with van der Waals surface area (Å²) in [7, 11) is -3.61. The SMILES string of the molecule is CCOC(=O)c1cc(-c2ccccc2)ncc1NC(=O)COC(=O)c1cccc(P(=O)(OCC)OCC)c1. The minimum atomic E-state index is -3.61. The molecule has 3 aromatic rings. The van der Waals surface area contributed by atoms with Gasteiger partial charge in [-0.15, -0.1) is 0 Å². The van der Waals surface area contributed by atoms with Crippen LogP contribution in [0.15, 0.2) is 66.9 Å². The molecule has 3 rings (SSSR count). The highest BCUT2D eigenvalue weighted by atomic mass is 31.2. The third-order valence-electron chi connectivity index (χ3n) is 5.07. The van der Waals surface area contributed by atoms with Gasteiger partial charge in [-0.3, -0.25) is 14.3 Å². The standard InChI is InChI=1S/C27H29N2O8P/c1-4-34-27(32)22-16-23(19-11-8-7-9-12-19)28-17-24(22)29-25(30)18-35-26(31)20-13-10-14-21(15-20)38(33,36-5-2)37-6-3/h7-17H,4-6,18H2,1-3H3,(H,29,30). The van der Waals surface area contributed by atoms with Crippen molar-refractivity contribution in [3.63, 3.8) is 0 Å². The summed E-state index contributed by atoms with van der Waals surface area (Å²) in [6.45, 7) is 4.85. The average molecular weight is 541 g/mol. The summed E-state index contributed by atoms with van der Waals surface area (Å²) in [6, 6.07) is 16.6. The number of rotatable bonds is 12. The van der Waals surface area contributed by atoms with Gasteiger partial charge in [0.1, 0.15) is 0 Å². The molecule has 1 heterocycles. The first-order valence-corrected chi connectivity index (χ1v) is 13.5. The molecule has 200 valence electrons. The molecule has 0 spiro atoms. The smallest absolute Gasteiger partial charge is 0.361 e. The van der Waals surface area contributed by atoms with Crippen molar-refractivity contribution in [1.82, 2.24) is 4.98 Å². The fourth-order valence-corrected chi connectivity index (χ4v) is 5.05. The lowest BCUT2D eigenvalue weighted by Crippen LogP contribution is -2.23. The highest BCUT2D eigenvalue weighted by Gasteiger charge is 2.27. The van der Waals surface area contributed by atoms with Gasteiger partial charge in [0.25, 0.3) is 5.91 Å². The summed E-state index contributed by atoms with van der Waals surface area (Å²) in [5.74, 6) is -2.14. The number of anilines is 1. The number of aromatic nitrogens is 1. The number of hydrogen-bond acceptors (Lipinski definition) is 9. The predicted octanol–water partition coefficient (Wildman–Crippen LogP) is 4.61. The molecule has 0 bridgehead atoms. The zero-order valence-electron chi connectivity index (χ0n) is 21.3. The number of ether oxygens (including phenoxy) is 2. The van der Waals surface area contributed by atoms with Crippen LogP contribution < -0.4 is 10.6 Å². The van der Waals surface area contributed by atoms with Crippen molar-refractivity contribution in [2.45, 2.75) is 20.8 Å². The first kappa shape index (κ1) is 28.7. The lowest BCUT2D eigenvalue weighted by Gasteiger charge is -2.17. The summed E-state index contributed by atoms with van der Waals surface area (Å²) < 4.78 is 33.9. The largest absolute Gasteiger partial charge is 0.462 e. The second-order valence-electron chi connectivity index (χ2n) is 7.71. The maximum Gasteiger partial charge on any atom is 0.361 e. The van der Waals surface area contributed by atoms with Crippen LogP contribution >= 0.6 is 7.60 Å². The van der Waals surface area contributed by atoms with Crippen molar-refractivity contribution in [2.24, 2.45) is 0 Å². The lowest BCUT2D eigenvalue weighted by molar-refractivity contribution is -0.119. The number of carbonyl (C=O) groups excluding carboxylic acids is 3. The molecule has 1 N–H and O–H groups in total. The molecule has 0 saturated heterocycles. The molecule has 0 atom stereocenters. The number of nitrogens with one attached hydrogen (secondary N) is 1. The Morgan fingerprint density at radius 1 is 0.842 bits per heavy atom. The van der Waals surface area contributed by atoms with Crippen LogP contribution in [-0.4, -0.2) is 49.3 Å². The molecule has 38 heavy (non-hydrogen) atoms. The molecule has 0 aliphatic heterocycles. The molecule has 10 nitrogen and oxygen atoms in total. The van der Waals surface area contributed by atoms with Gasteiger partial charge in [-0.25, -0.2) is 9.59 Å². The van der Waals surface area contributed by atoms with Crippen molar-refractivity contribution in [1.29, 1.82) is 0 Å². The van der Waals surface area contributed by atoms with Gasteiger partial charge in [-0.1, -0.05) is 36.4 Å². The van der Waals surface area contributed by atoms with Crippen molar-refractivity contribution in [2.75, 3.05) is 31.7 Å². The van der Waals surface area contributed by atoms with Crippen LogP contribution in [0.25, 0.3) is 11.3 Å². The van der Waals surface area contributed by atoms with Crippen molar-refractivity contribution in [3.8, 4) is 11.3 Å². The molecule has 0 aliphatic rings. The number of pyridine rings is 1. The van der Waals surface area contributed by atoms with Crippen LogP contribution in [0.3, 0.4) is 0 Å². The highest BCUT2D eigenvalue weighted by molar-refractivity contribution is 7.62. The van der Waals surface area contributed by atoms with Crippen LogP contribution in [0.5, 0.6) is 0 Å². The second-order valence-corrected chi connectivity index (χ2v) is 9.74. The Labute approximate surface area is 220 Å². The number of amides is 1. The Morgan fingerprint density at radius 3 is 2.21 bits per heavy atom. The van der Waals surface area contributed by atoms with Gasteiger partial charge < -0.3 is 23.8 Å². The van der Waals surface area contributed by atoms with Gasteiger partial charge in [-0.2, -0.15) is 0 Å². The maximum absolute atomic E-state index is 13.0. The molecule has 1 aromatic heterocycles. The van der Waals surface area contributed by atoms with E-state index in [4.69, 9.17) is 18.5 Å². The zero-order chi connectivity index (χ0) is 27.5. The monoisotopic (exact) mass is 540 g/mol. The molecular weight excluding hydrogens is 511 g/mol. The number of benzene rings is 2. The molecule has 0 saturated carbocycles. The lowest BCUT2D eigenvalue weighted by atomic mass is 10.1. The number of nitrogens with zero attached hydrogens (tertiary/aromatic N) is 1. The summed E-state index contributed by atoms with van der Waals surface area (Å²) >= 11 is 0. The van der Waals surface area contributed by atoms with Crippen molar-refractivity contribution >= 4 is 36.4 Å². The van der Waals surface area contributed by atoms with Gasteiger partial charge in [0.05, 0.1) is 53.8 Å². The Balaban J connectivity index is 1.72. The third-order valence-corrected chi connectivity index (χ3v) is 7.18. The fraction of sp³-hybridized carbons (Fsp3) is 0.259. The minimum Gasteiger partial charge on any atom is -0.462 e. The summed E-state index contributed by atoms with van der Waals surface area (Å²) in [6.07, 6.45) is 1.34. The average Bonchev–Trinajstić information content (AvgIpc) is 2.93. The van der Waals surface area contributed by atoms with Crippen LogP contribution in [-0.2, 0) is 27.9 Å². The van der Waals surface area contributed by atoms with E-state index >= 15 is 0 Å². The molecule has 0 fully saturated rings. The van der Waals surface area contributed by atoms with Gasteiger partial charge in [0.2, 0.25) is 0 Å². The van der Waals surface area contributed by atoms with E-state index in [2.05, 4.69) is 10.3 Å². The van der Waals surface area contributed by atoms with E-state index < -0.39 is 32.0 Å². The number of hydrogen-bond donors (Lipinski definition) is 1. The molecule has 11 heteroatoms. The highest BCUT2D eigenvalue weighted by Crippen LogP contribution is 2.46. The summed E-state index contributed by atoms with van der Waals surface area (Å²) in [5.41, 5.74) is 1.59. The minimum absolute atomic E-state index is 0.0658. The number of esters is 2. The maximum atomic E-state index is 13.0. The first-order chi connectivity index (χ1) is 18.3. The van der Waals surface area contributed by atoms with Crippen LogP contribution in [0, 0.1) is 0 Å². The Morgan fingerprint density at radius 2 is 1.55 bits per heavy atom. The van der Waals surface area contributed by atoms with E-state index in [1.54, 1.807) is 20.8 Å². The van der Waals surface area contributed by atoms with Crippen LogP contribution in [0.4, 0.5) is 5.69 Å². The van der Waals surface area contributed by atoms with Crippen LogP contribution in [0.2, 0.25) is 0 Å². The van der Waals surface area contributed by atoms with Gasteiger partial charge in [0, 0.05) is 5.56 Å². The quantitative estimate of drug-likeness (QED) is 0.258. The van der Waals surface area contributed by atoms with E-state index in [-0.39, 0.29) is 41.9 Å². The molecule has 2 aromatic carbocycles. The Bertz CT molecular complexity index is 1320. The van der Waals surface area contributed by atoms with E-state index in [0.717, 1.165) is 5.56 Å². The normalized spacial score (nSPS) is 11.0. The predicted molar refractivity (Wildman–Crippen MR) is 141 cm³/mol. The second kappa shape index (κ2) is 13.6. The zero-order valence-corrected chi connectivity index (χ0v) is 22.2. The molecule has 0 radical (unpaired) electrons. The molecular formula is C27H29N2O8P. The Kier molecular flexibility index (Phi) is 10.3. The van der Waals surface area contributed by atoms with E-state index in [0.29, 0.717) is 5.69 Å². The van der Waals surface area contributed by atoms with Gasteiger partial charge in [0.15, 0.2) is 6.61 Å². The van der Waals surface area contributed by atoms with E-state index in [9.17, 15) is 18.9 Å². The summed E-state index contributed by atoms with van der Waals surface area (Å²) in [4.78, 5) is 42.1. The molecule has 0 unspecified atom stereocenters. The van der Waals surface area contributed by atoms with Crippen LogP contribution in [0.1, 0.15) is 41.5 Å². The topological polar surface area (TPSA) is 130 Å². The fourth-order valence-electron chi connectivity index (χ4n) is 3.43. The van der Waals surface area contributed by atoms with E-state index in [1.807, 2.05) is 30.3 Å². The van der Waals surface area contributed by atoms with Gasteiger partial charge >= 0.3 is 19.5 Å². The number of carbonyl (C=O) groups is 3. The van der Waals surface area contributed by atoms with E-state index in [1.165, 1.54) is 36.5 Å². The summed E-state index contributed by atoms with van der Waals surface area (Å²) in [5, 5.41) is 2.74. The third kappa shape index (κ3) is 7.35. The van der Waals surface area contributed by atoms with Gasteiger partial charge in [-0.05, 0) is 45.0 Å². The molecule has 0 aliphatic carbocycles. The first-order valence-electron chi connectivity index (χ1n) is 12.0. The van der Waals surface area contributed by atoms with Crippen molar-refractivity contribution in [3.05, 3.63) is 78.0 Å². The Hall–Kier alpha value is -3.85.